The summed E-state index contributed by atoms with van der Waals surface area (Å²) < 4.78 is 5.82. The first kappa shape index (κ1) is 17.0. The summed E-state index contributed by atoms with van der Waals surface area (Å²) in [4.78, 5) is 0. The van der Waals surface area contributed by atoms with E-state index in [0.717, 1.165) is 6.61 Å². The average molecular weight is 242 g/mol. The molecule has 104 valence electrons. The van der Waals surface area contributed by atoms with Crippen molar-refractivity contribution in [3.8, 4) is 0 Å². The summed E-state index contributed by atoms with van der Waals surface area (Å²) in [6, 6.07) is 0. The molecule has 0 aliphatic carbocycles. The largest absolute Gasteiger partial charge is 0.379 e. The highest BCUT2D eigenvalue weighted by Gasteiger charge is 2.01. The lowest BCUT2D eigenvalue weighted by Crippen LogP contribution is -2.09. The molecule has 1 unspecified atom stereocenters. The highest BCUT2D eigenvalue weighted by Crippen LogP contribution is 2.09. The smallest absolute Gasteiger partial charge is 0.0547 e. The van der Waals surface area contributed by atoms with Crippen molar-refractivity contribution < 1.29 is 4.74 Å². The first-order valence-electron chi connectivity index (χ1n) is 7.92. The van der Waals surface area contributed by atoms with Crippen LogP contribution in [-0.2, 0) is 4.74 Å². The van der Waals surface area contributed by atoms with E-state index in [9.17, 15) is 0 Å². The van der Waals surface area contributed by atoms with Crippen LogP contribution in [0.1, 0.15) is 91.4 Å². The first-order chi connectivity index (χ1) is 8.31. The molecule has 0 N–H and O–H groups in total. The van der Waals surface area contributed by atoms with E-state index in [-0.39, 0.29) is 0 Å². The van der Waals surface area contributed by atoms with E-state index in [1.807, 2.05) is 0 Å². The summed E-state index contributed by atoms with van der Waals surface area (Å²) in [5.41, 5.74) is 0. The van der Waals surface area contributed by atoms with Crippen molar-refractivity contribution in [1.29, 1.82) is 0 Å². The lowest BCUT2D eigenvalue weighted by Gasteiger charge is -2.12. The summed E-state index contributed by atoms with van der Waals surface area (Å²) in [7, 11) is 0. The third-order valence-corrected chi connectivity index (χ3v) is 3.36. The van der Waals surface area contributed by atoms with Crippen LogP contribution in [0.4, 0.5) is 0 Å². The van der Waals surface area contributed by atoms with Gasteiger partial charge >= 0.3 is 0 Å². The van der Waals surface area contributed by atoms with E-state index in [1.54, 1.807) is 0 Å². The predicted octanol–water partition coefficient (Wildman–Crippen LogP) is 5.72. The fourth-order valence-corrected chi connectivity index (χ4v) is 2.11. The molecule has 0 saturated heterocycles. The lowest BCUT2D eigenvalue weighted by molar-refractivity contribution is 0.0558. The highest BCUT2D eigenvalue weighted by molar-refractivity contribution is 4.51. The van der Waals surface area contributed by atoms with Gasteiger partial charge in [0.25, 0.3) is 0 Å². The Balaban J connectivity index is 3.05. The highest BCUT2D eigenvalue weighted by atomic mass is 16.5. The molecule has 0 aromatic rings. The van der Waals surface area contributed by atoms with Gasteiger partial charge in [-0.05, 0) is 19.8 Å². The molecule has 1 atom stereocenters. The van der Waals surface area contributed by atoms with Crippen LogP contribution >= 0.6 is 0 Å². The fourth-order valence-electron chi connectivity index (χ4n) is 2.11. The standard InChI is InChI=1S/C16H34O/c1-4-6-8-9-10-11-13-15-17-16(3)14-12-7-5-2/h16H,4-15H2,1-3H3. The quantitative estimate of drug-likeness (QED) is 0.375. The Hall–Kier alpha value is -0.0400. The van der Waals surface area contributed by atoms with Gasteiger partial charge in [0.2, 0.25) is 0 Å². The van der Waals surface area contributed by atoms with Crippen molar-refractivity contribution in [2.24, 2.45) is 0 Å². The van der Waals surface area contributed by atoms with Gasteiger partial charge in [-0.2, -0.15) is 0 Å². The van der Waals surface area contributed by atoms with E-state index in [0.29, 0.717) is 6.10 Å². The maximum Gasteiger partial charge on any atom is 0.0547 e. The molecule has 0 aliphatic heterocycles. The molecule has 0 bridgehead atoms. The predicted molar refractivity (Wildman–Crippen MR) is 77.5 cm³/mol. The van der Waals surface area contributed by atoms with Crippen LogP contribution in [0.2, 0.25) is 0 Å². The lowest BCUT2D eigenvalue weighted by atomic mass is 10.1. The van der Waals surface area contributed by atoms with Crippen LogP contribution in [0.15, 0.2) is 0 Å². The molecule has 0 fully saturated rings. The van der Waals surface area contributed by atoms with Gasteiger partial charge in [0.15, 0.2) is 0 Å². The van der Waals surface area contributed by atoms with Crippen molar-refractivity contribution in [2.45, 2.75) is 97.5 Å². The normalized spacial score (nSPS) is 12.9. The van der Waals surface area contributed by atoms with Gasteiger partial charge in [-0.3, -0.25) is 0 Å². The Bertz CT molecular complexity index is 133. The van der Waals surface area contributed by atoms with Crippen molar-refractivity contribution in [2.75, 3.05) is 6.61 Å². The number of ether oxygens (including phenoxy) is 1. The number of hydrogen-bond donors (Lipinski definition) is 0. The summed E-state index contributed by atoms with van der Waals surface area (Å²) >= 11 is 0. The Morgan fingerprint density at radius 1 is 0.706 bits per heavy atom. The van der Waals surface area contributed by atoms with Gasteiger partial charge in [-0.15, -0.1) is 0 Å². The van der Waals surface area contributed by atoms with Gasteiger partial charge in [-0.1, -0.05) is 71.6 Å². The molecule has 0 radical (unpaired) electrons. The minimum Gasteiger partial charge on any atom is -0.379 e. The second-order valence-electron chi connectivity index (χ2n) is 5.30. The third-order valence-electron chi connectivity index (χ3n) is 3.36. The first-order valence-corrected chi connectivity index (χ1v) is 7.92. The van der Waals surface area contributed by atoms with Crippen LogP contribution in [0.5, 0.6) is 0 Å². The molecule has 0 heterocycles. The molecule has 0 aromatic carbocycles. The maximum atomic E-state index is 5.82. The van der Waals surface area contributed by atoms with Gasteiger partial charge in [0.05, 0.1) is 6.10 Å². The average Bonchev–Trinajstić information content (AvgIpc) is 2.33. The van der Waals surface area contributed by atoms with E-state index in [2.05, 4.69) is 20.8 Å². The molecule has 0 spiro atoms. The second kappa shape index (κ2) is 14.0. The van der Waals surface area contributed by atoms with Crippen molar-refractivity contribution in [3.05, 3.63) is 0 Å². The van der Waals surface area contributed by atoms with E-state index < -0.39 is 0 Å². The van der Waals surface area contributed by atoms with E-state index >= 15 is 0 Å². The van der Waals surface area contributed by atoms with Gasteiger partial charge in [0, 0.05) is 6.61 Å². The minimum absolute atomic E-state index is 0.474. The Morgan fingerprint density at radius 2 is 1.24 bits per heavy atom. The zero-order valence-electron chi connectivity index (χ0n) is 12.5. The minimum atomic E-state index is 0.474. The molecule has 1 heteroatoms. The monoisotopic (exact) mass is 242 g/mol. The summed E-state index contributed by atoms with van der Waals surface area (Å²) in [5, 5.41) is 0. The Labute approximate surface area is 109 Å². The molecule has 17 heavy (non-hydrogen) atoms. The van der Waals surface area contributed by atoms with Crippen LogP contribution in [-0.4, -0.2) is 12.7 Å². The zero-order valence-corrected chi connectivity index (χ0v) is 12.5. The van der Waals surface area contributed by atoms with Crippen molar-refractivity contribution in [3.63, 3.8) is 0 Å². The number of unbranched alkanes of at least 4 members (excludes halogenated alkanes) is 8. The van der Waals surface area contributed by atoms with Crippen molar-refractivity contribution >= 4 is 0 Å². The molecule has 0 aliphatic rings. The van der Waals surface area contributed by atoms with Gasteiger partial charge in [-0.25, -0.2) is 0 Å². The van der Waals surface area contributed by atoms with E-state index in [1.165, 1.54) is 70.6 Å². The second-order valence-corrected chi connectivity index (χ2v) is 5.30. The summed E-state index contributed by atoms with van der Waals surface area (Å²) in [6.07, 6.45) is 15.3. The zero-order chi connectivity index (χ0) is 12.8. The Kier molecular flexibility index (Phi) is 14.0. The molecule has 0 saturated carbocycles. The van der Waals surface area contributed by atoms with Crippen LogP contribution in [0.25, 0.3) is 0 Å². The molecular weight excluding hydrogens is 208 g/mol. The maximum absolute atomic E-state index is 5.82. The van der Waals surface area contributed by atoms with Crippen LogP contribution in [0.3, 0.4) is 0 Å². The summed E-state index contributed by atoms with van der Waals surface area (Å²) in [6.45, 7) is 7.72. The number of rotatable bonds is 13. The van der Waals surface area contributed by atoms with Crippen LogP contribution in [0, 0.1) is 0 Å². The molecule has 0 rings (SSSR count). The number of hydrogen-bond acceptors (Lipinski definition) is 1. The third kappa shape index (κ3) is 13.9. The fraction of sp³-hybridized carbons (Fsp3) is 1.00. The molecule has 0 amide bonds. The molecular formula is C16H34O. The Morgan fingerprint density at radius 3 is 1.88 bits per heavy atom. The topological polar surface area (TPSA) is 9.23 Å². The van der Waals surface area contributed by atoms with Crippen molar-refractivity contribution in [1.82, 2.24) is 0 Å². The van der Waals surface area contributed by atoms with E-state index in [4.69, 9.17) is 4.74 Å². The summed E-state index contributed by atoms with van der Waals surface area (Å²) in [5.74, 6) is 0. The van der Waals surface area contributed by atoms with Crippen LogP contribution < -0.4 is 0 Å². The molecule has 0 aromatic heterocycles. The van der Waals surface area contributed by atoms with Gasteiger partial charge in [0.1, 0.15) is 0 Å². The van der Waals surface area contributed by atoms with Gasteiger partial charge < -0.3 is 4.74 Å². The SMILES string of the molecule is CCCCCCCCCOC(C)CCCCC. The molecule has 1 nitrogen and oxygen atoms in total.